The number of aliphatic carboxylic acids is 2. The molecule has 11 nitrogen and oxygen atoms in total. The molecule has 17 heteroatoms. The van der Waals surface area contributed by atoms with Gasteiger partial charge in [-0.25, -0.2) is 14.6 Å². The fourth-order valence-corrected chi connectivity index (χ4v) is 1.73. The summed E-state index contributed by atoms with van der Waals surface area (Å²) in [4.78, 5) is 48.3. The number of imidazole rings is 1. The Morgan fingerprint density at radius 2 is 1.59 bits per heavy atom. The Hall–Kier alpha value is -3.37. The van der Waals surface area contributed by atoms with Crippen LogP contribution in [0.4, 0.5) is 26.3 Å². The molecule has 0 radical (unpaired) electrons. The Bertz CT molecular complexity index is 731. The van der Waals surface area contributed by atoms with Gasteiger partial charge in [0, 0.05) is 37.8 Å². The van der Waals surface area contributed by atoms with Crippen molar-refractivity contribution in [3.8, 4) is 0 Å². The van der Waals surface area contributed by atoms with Gasteiger partial charge in [0.05, 0.1) is 6.33 Å². The van der Waals surface area contributed by atoms with Gasteiger partial charge in [-0.15, -0.1) is 0 Å². The molecule has 7 N–H and O–H groups in total. The van der Waals surface area contributed by atoms with E-state index in [0.717, 1.165) is 18.5 Å². The van der Waals surface area contributed by atoms with E-state index in [0.29, 0.717) is 13.0 Å². The van der Waals surface area contributed by atoms with Crippen LogP contribution < -0.4 is 16.4 Å². The molecule has 0 aliphatic carbocycles. The standard InChI is InChI=1S/C13H23N5O2.2C2HF3O2/c1-2-3-6-16-13(20)11(18-12(19)4-5-14)7-10-8-15-9-17-10;2*3-2(4,5)1(6)7/h8-9,11H,2-7,14H2,1H3,(H,15,17)(H,16,20)(H,18,19);2*(H,6,7)/t11-;;/m0../s1. The Morgan fingerprint density at radius 1 is 1.09 bits per heavy atom. The van der Waals surface area contributed by atoms with Crippen molar-refractivity contribution in [3.63, 3.8) is 0 Å². The van der Waals surface area contributed by atoms with E-state index in [2.05, 4.69) is 27.5 Å². The molecule has 1 aromatic rings. The van der Waals surface area contributed by atoms with Gasteiger partial charge >= 0.3 is 24.3 Å². The molecule has 2 amide bonds. The smallest absolute Gasteiger partial charge is 0.475 e. The van der Waals surface area contributed by atoms with Crippen LogP contribution in [0, 0.1) is 0 Å². The van der Waals surface area contributed by atoms with Crippen LogP contribution in [-0.4, -0.2) is 75.4 Å². The Kier molecular flexibility index (Phi) is 15.7. The molecule has 0 saturated carbocycles. The molecule has 0 fully saturated rings. The second kappa shape index (κ2) is 16.3. The van der Waals surface area contributed by atoms with E-state index in [9.17, 15) is 35.9 Å². The van der Waals surface area contributed by atoms with E-state index in [-0.39, 0.29) is 24.8 Å². The minimum atomic E-state index is -5.08. The number of nitrogens with zero attached hydrogens (tertiary/aromatic N) is 1. The lowest BCUT2D eigenvalue weighted by Crippen LogP contribution is -2.48. The molecular weight excluding hydrogens is 484 g/mol. The Balaban J connectivity index is 0. The third-order valence-corrected chi connectivity index (χ3v) is 3.32. The molecule has 1 aromatic heterocycles. The second-order valence-electron chi connectivity index (χ2n) is 6.19. The summed E-state index contributed by atoms with van der Waals surface area (Å²) in [6.45, 7) is 2.93. The lowest BCUT2D eigenvalue weighted by Gasteiger charge is -2.17. The monoisotopic (exact) mass is 509 g/mol. The molecule has 0 aliphatic heterocycles. The van der Waals surface area contributed by atoms with Gasteiger partial charge in [0.1, 0.15) is 6.04 Å². The summed E-state index contributed by atoms with van der Waals surface area (Å²) in [7, 11) is 0. The fourth-order valence-electron chi connectivity index (χ4n) is 1.73. The number of carboxylic acids is 2. The highest BCUT2D eigenvalue weighted by Crippen LogP contribution is 2.13. The molecule has 1 atom stereocenters. The molecule has 0 aromatic carbocycles. The van der Waals surface area contributed by atoms with Gasteiger partial charge < -0.3 is 31.6 Å². The lowest BCUT2D eigenvalue weighted by atomic mass is 10.1. The number of aromatic amines is 1. The van der Waals surface area contributed by atoms with Gasteiger partial charge in [0.2, 0.25) is 11.8 Å². The summed E-state index contributed by atoms with van der Waals surface area (Å²) in [6, 6.07) is -0.605. The van der Waals surface area contributed by atoms with Crippen LogP contribution in [0.3, 0.4) is 0 Å². The van der Waals surface area contributed by atoms with Crippen molar-refractivity contribution in [2.45, 2.75) is 51.0 Å². The topological polar surface area (TPSA) is 187 Å². The number of nitrogens with one attached hydrogen (secondary N) is 3. The van der Waals surface area contributed by atoms with Crippen molar-refractivity contribution in [3.05, 3.63) is 18.2 Å². The third-order valence-electron chi connectivity index (χ3n) is 3.32. The summed E-state index contributed by atoms with van der Waals surface area (Å²) in [5.41, 5.74) is 6.14. The van der Waals surface area contributed by atoms with Crippen LogP contribution >= 0.6 is 0 Å². The van der Waals surface area contributed by atoms with E-state index in [1.807, 2.05) is 0 Å². The summed E-state index contributed by atoms with van der Waals surface area (Å²) in [6.07, 6.45) is -4.47. The highest BCUT2D eigenvalue weighted by molar-refractivity contribution is 5.87. The van der Waals surface area contributed by atoms with Gasteiger partial charge in [-0.2, -0.15) is 26.3 Å². The number of hydrogen-bond acceptors (Lipinski definition) is 6. The summed E-state index contributed by atoms with van der Waals surface area (Å²) in [5.74, 6) is -5.92. The molecule has 34 heavy (non-hydrogen) atoms. The first-order valence-corrected chi connectivity index (χ1v) is 9.40. The van der Waals surface area contributed by atoms with Crippen LogP contribution in [0.25, 0.3) is 0 Å². The molecule has 0 unspecified atom stereocenters. The van der Waals surface area contributed by atoms with Gasteiger partial charge in [0.25, 0.3) is 0 Å². The summed E-state index contributed by atoms with van der Waals surface area (Å²) in [5, 5.41) is 19.8. The zero-order chi connectivity index (χ0) is 26.9. The van der Waals surface area contributed by atoms with Crippen LogP contribution in [0.15, 0.2) is 12.5 Å². The molecule has 0 aliphatic rings. The number of unbranched alkanes of at least 4 members (excludes halogenated alkanes) is 1. The van der Waals surface area contributed by atoms with E-state index >= 15 is 0 Å². The lowest BCUT2D eigenvalue weighted by molar-refractivity contribution is -0.193. The maximum atomic E-state index is 12.1. The quantitative estimate of drug-likeness (QED) is 0.210. The first-order chi connectivity index (χ1) is 15.6. The highest BCUT2D eigenvalue weighted by atomic mass is 19.4. The summed E-state index contributed by atoms with van der Waals surface area (Å²) >= 11 is 0. The van der Waals surface area contributed by atoms with Crippen molar-refractivity contribution in [1.29, 1.82) is 0 Å². The van der Waals surface area contributed by atoms with Crippen molar-refractivity contribution in [2.24, 2.45) is 5.73 Å². The van der Waals surface area contributed by atoms with Crippen molar-refractivity contribution in [2.75, 3.05) is 13.1 Å². The van der Waals surface area contributed by atoms with Crippen LogP contribution in [-0.2, 0) is 25.6 Å². The molecule has 1 heterocycles. The second-order valence-corrected chi connectivity index (χ2v) is 6.19. The molecular formula is C17H25F6N5O6. The number of rotatable bonds is 9. The fraction of sp³-hybridized carbons (Fsp3) is 0.588. The minimum absolute atomic E-state index is 0.182. The van der Waals surface area contributed by atoms with E-state index in [4.69, 9.17) is 25.5 Å². The zero-order valence-corrected chi connectivity index (χ0v) is 17.8. The van der Waals surface area contributed by atoms with Gasteiger partial charge in [-0.05, 0) is 6.42 Å². The Labute approximate surface area is 189 Å². The third kappa shape index (κ3) is 17.2. The molecule has 0 spiro atoms. The van der Waals surface area contributed by atoms with Crippen LogP contribution in [0.1, 0.15) is 31.9 Å². The zero-order valence-electron chi connectivity index (χ0n) is 17.8. The largest absolute Gasteiger partial charge is 0.490 e. The van der Waals surface area contributed by atoms with E-state index in [1.54, 1.807) is 12.5 Å². The number of nitrogens with two attached hydrogens (primary N) is 1. The SMILES string of the molecule is CCCCNC(=O)[C@H](Cc1cnc[nH]1)NC(=O)CCN.O=C(O)C(F)(F)F.O=C(O)C(F)(F)F. The Morgan fingerprint density at radius 3 is 1.94 bits per heavy atom. The average molecular weight is 509 g/mol. The minimum Gasteiger partial charge on any atom is -0.475 e. The van der Waals surface area contributed by atoms with Crippen LogP contribution in [0.2, 0.25) is 0 Å². The summed E-state index contributed by atoms with van der Waals surface area (Å²) < 4.78 is 63.5. The average Bonchev–Trinajstić information content (AvgIpc) is 3.20. The predicted molar refractivity (Wildman–Crippen MR) is 103 cm³/mol. The first kappa shape index (κ1) is 32.8. The maximum Gasteiger partial charge on any atom is 0.490 e. The number of carboxylic acid groups (broad SMARTS) is 2. The van der Waals surface area contributed by atoms with E-state index < -0.39 is 30.3 Å². The number of amides is 2. The number of carbonyl (C=O) groups excluding carboxylic acids is 2. The number of aromatic nitrogens is 2. The first-order valence-electron chi connectivity index (χ1n) is 9.40. The number of halogens is 6. The molecule has 0 bridgehead atoms. The van der Waals surface area contributed by atoms with Gasteiger partial charge in [-0.3, -0.25) is 9.59 Å². The van der Waals surface area contributed by atoms with Gasteiger partial charge in [0.15, 0.2) is 0 Å². The normalized spacial score (nSPS) is 11.6. The number of alkyl halides is 6. The van der Waals surface area contributed by atoms with Crippen molar-refractivity contribution >= 4 is 23.8 Å². The number of H-pyrrole nitrogens is 1. The number of hydrogen-bond donors (Lipinski definition) is 6. The van der Waals surface area contributed by atoms with Crippen molar-refractivity contribution in [1.82, 2.24) is 20.6 Å². The van der Waals surface area contributed by atoms with Gasteiger partial charge in [-0.1, -0.05) is 13.3 Å². The van der Waals surface area contributed by atoms with E-state index in [1.165, 1.54) is 0 Å². The van der Waals surface area contributed by atoms with Crippen molar-refractivity contribution < 1.29 is 55.7 Å². The maximum absolute atomic E-state index is 12.1. The number of carbonyl (C=O) groups is 4. The molecule has 196 valence electrons. The molecule has 1 rings (SSSR count). The van der Waals surface area contributed by atoms with Crippen LogP contribution in [0.5, 0.6) is 0 Å². The highest BCUT2D eigenvalue weighted by Gasteiger charge is 2.38. The molecule has 0 saturated heterocycles. The predicted octanol–water partition coefficient (Wildman–Crippen LogP) is 0.969.